The Hall–Kier alpha value is -1.93. The number of para-hydroxylation sites is 2. The van der Waals surface area contributed by atoms with E-state index in [0.29, 0.717) is 0 Å². The van der Waals surface area contributed by atoms with Crippen molar-refractivity contribution in [1.29, 1.82) is 0 Å². The van der Waals surface area contributed by atoms with Crippen LogP contribution in [0.4, 0.5) is 11.4 Å². The van der Waals surface area contributed by atoms with E-state index >= 15 is 0 Å². The lowest BCUT2D eigenvalue weighted by Crippen LogP contribution is -2.26. The van der Waals surface area contributed by atoms with Gasteiger partial charge in [0.15, 0.2) is 0 Å². The van der Waals surface area contributed by atoms with Crippen LogP contribution in [-0.2, 0) is 0 Å². The highest BCUT2D eigenvalue weighted by atomic mass is 35.5. The predicted molar refractivity (Wildman–Crippen MR) is 98.0 cm³/mol. The Bertz CT molecular complexity index is 607. The van der Waals surface area contributed by atoms with Gasteiger partial charge in [-0.3, -0.25) is 0 Å². The Morgan fingerprint density at radius 1 is 0.636 bits per heavy atom. The number of hydrogen-bond acceptors (Lipinski definition) is 2. The van der Waals surface area contributed by atoms with Gasteiger partial charge in [-0.25, -0.2) is 0 Å². The molecule has 0 spiro atoms. The van der Waals surface area contributed by atoms with Gasteiger partial charge in [-0.2, -0.15) is 0 Å². The zero-order valence-electron chi connectivity index (χ0n) is 13.6. The molecule has 1 aliphatic rings. The van der Waals surface area contributed by atoms with E-state index in [0.717, 1.165) is 6.67 Å². The number of rotatable bonds is 2. The van der Waals surface area contributed by atoms with E-state index in [1.54, 1.807) is 0 Å². The van der Waals surface area contributed by atoms with Crippen molar-refractivity contribution in [3.63, 3.8) is 0 Å². The van der Waals surface area contributed by atoms with Gasteiger partial charge in [0.1, 0.15) is 0 Å². The summed E-state index contributed by atoms with van der Waals surface area (Å²) in [6.07, 6.45) is 4.36. The Morgan fingerprint density at radius 3 is 1.27 bits per heavy atom. The maximum absolute atomic E-state index is 2.33. The van der Waals surface area contributed by atoms with Crippen molar-refractivity contribution in [3.8, 4) is 0 Å². The molecule has 0 bridgehead atoms. The standard InChI is InChI=1S/C19H22N2.ClH/c1-14-7-5-8-15(2)18(14)20-11-12-21(13-20)19-16(3)9-6-10-17(19)4;/h5-12H,13H2,1-4H3;1H. The van der Waals surface area contributed by atoms with E-state index in [1.807, 2.05) is 0 Å². The molecule has 3 rings (SSSR count). The van der Waals surface area contributed by atoms with Gasteiger partial charge in [-0.1, -0.05) is 36.4 Å². The third-order valence-corrected chi connectivity index (χ3v) is 4.18. The fourth-order valence-corrected chi connectivity index (χ4v) is 3.23. The van der Waals surface area contributed by atoms with Crippen molar-refractivity contribution in [2.45, 2.75) is 27.7 Å². The fraction of sp³-hybridized carbons (Fsp3) is 0.263. The summed E-state index contributed by atoms with van der Waals surface area (Å²) in [5.41, 5.74) is 7.93. The summed E-state index contributed by atoms with van der Waals surface area (Å²) in [6.45, 7) is 9.59. The van der Waals surface area contributed by atoms with Gasteiger partial charge in [0.2, 0.25) is 0 Å². The first kappa shape index (κ1) is 16.4. The molecule has 1 aliphatic heterocycles. The lowest BCUT2D eigenvalue weighted by atomic mass is 10.1. The molecule has 0 N–H and O–H groups in total. The van der Waals surface area contributed by atoms with Crippen LogP contribution < -0.4 is 9.80 Å². The number of anilines is 2. The monoisotopic (exact) mass is 314 g/mol. The van der Waals surface area contributed by atoms with Gasteiger partial charge < -0.3 is 9.80 Å². The second kappa shape index (κ2) is 6.45. The van der Waals surface area contributed by atoms with Crippen molar-refractivity contribution in [2.75, 3.05) is 16.5 Å². The molecule has 0 saturated carbocycles. The van der Waals surface area contributed by atoms with Crippen molar-refractivity contribution in [1.82, 2.24) is 0 Å². The molecule has 0 unspecified atom stereocenters. The van der Waals surface area contributed by atoms with Crippen LogP contribution in [0.25, 0.3) is 0 Å². The summed E-state index contributed by atoms with van der Waals surface area (Å²) in [5.74, 6) is 0. The minimum absolute atomic E-state index is 0. The molecule has 0 aromatic heterocycles. The summed E-state index contributed by atoms with van der Waals surface area (Å²) in [6, 6.07) is 13.0. The second-order valence-electron chi connectivity index (χ2n) is 5.86. The molecule has 0 amide bonds. The topological polar surface area (TPSA) is 6.48 Å². The number of halogens is 1. The zero-order chi connectivity index (χ0) is 15.0. The van der Waals surface area contributed by atoms with Crippen LogP contribution in [-0.4, -0.2) is 6.67 Å². The molecule has 0 aliphatic carbocycles. The first-order valence-corrected chi connectivity index (χ1v) is 7.42. The lowest BCUT2D eigenvalue weighted by molar-refractivity contribution is 0.956. The number of benzene rings is 2. The minimum Gasteiger partial charge on any atom is -0.328 e. The molecule has 0 radical (unpaired) electrons. The van der Waals surface area contributed by atoms with E-state index < -0.39 is 0 Å². The second-order valence-corrected chi connectivity index (χ2v) is 5.86. The third kappa shape index (κ3) is 2.84. The smallest absolute Gasteiger partial charge is 0.0989 e. The van der Waals surface area contributed by atoms with E-state index in [2.05, 4.69) is 86.3 Å². The third-order valence-electron chi connectivity index (χ3n) is 4.18. The highest BCUT2D eigenvalue weighted by Gasteiger charge is 2.20. The van der Waals surface area contributed by atoms with Crippen LogP contribution in [0.1, 0.15) is 22.3 Å². The quantitative estimate of drug-likeness (QED) is 0.761. The van der Waals surface area contributed by atoms with Crippen LogP contribution in [0.5, 0.6) is 0 Å². The van der Waals surface area contributed by atoms with E-state index in [1.165, 1.54) is 33.6 Å². The average molecular weight is 315 g/mol. The summed E-state index contributed by atoms with van der Waals surface area (Å²) in [4.78, 5) is 4.66. The minimum atomic E-state index is 0. The van der Waals surface area contributed by atoms with Gasteiger partial charge in [0.05, 0.1) is 6.67 Å². The van der Waals surface area contributed by atoms with Crippen molar-refractivity contribution in [2.24, 2.45) is 0 Å². The van der Waals surface area contributed by atoms with Crippen molar-refractivity contribution in [3.05, 3.63) is 71.1 Å². The molecule has 1 heterocycles. The van der Waals surface area contributed by atoms with Gasteiger partial charge in [-0.15, -0.1) is 12.4 Å². The maximum atomic E-state index is 2.33. The van der Waals surface area contributed by atoms with Crippen LogP contribution in [0, 0.1) is 27.7 Å². The highest BCUT2D eigenvalue weighted by Crippen LogP contribution is 2.32. The molecule has 0 fully saturated rings. The fourth-order valence-electron chi connectivity index (χ4n) is 3.23. The molecule has 22 heavy (non-hydrogen) atoms. The number of nitrogens with zero attached hydrogens (tertiary/aromatic N) is 2. The molecule has 116 valence electrons. The van der Waals surface area contributed by atoms with Crippen LogP contribution in [0.2, 0.25) is 0 Å². The molecule has 2 aromatic carbocycles. The van der Waals surface area contributed by atoms with E-state index in [4.69, 9.17) is 0 Å². The summed E-state index contributed by atoms with van der Waals surface area (Å²) >= 11 is 0. The maximum Gasteiger partial charge on any atom is 0.0989 e. The zero-order valence-corrected chi connectivity index (χ0v) is 14.4. The predicted octanol–water partition coefficient (Wildman–Crippen LogP) is 5.10. The van der Waals surface area contributed by atoms with Crippen molar-refractivity contribution >= 4 is 23.8 Å². The molecule has 2 aromatic rings. The first-order valence-electron chi connectivity index (χ1n) is 7.42. The molecular weight excluding hydrogens is 292 g/mol. The normalized spacial score (nSPS) is 13.5. The van der Waals surface area contributed by atoms with Gasteiger partial charge in [0.25, 0.3) is 0 Å². The Kier molecular flexibility index (Phi) is 4.82. The Balaban J connectivity index is 0.00000176. The van der Waals surface area contributed by atoms with E-state index in [-0.39, 0.29) is 12.4 Å². The van der Waals surface area contributed by atoms with E-state index in [9.17, 15) is 0 Å². The molecular formula is C19H23ClN2. The van der Waals surface area contributed by atoms with Gasteiger partial charge in [-0.05, 0) is 49.9 Å². The van der Waals surface area contributed by atoms with Crippen LogP contribution >= 0.6 is 12.4 Å². The van der Waals surface area contributed by atoms with Gasteiger partial charge in [0, 0.05) is 23.8 Å². The first-order chi connectivity index (χ1) is 10.1. The molecule has 2 nitrogen and oxygen atoms in total. The molecule has 0 atom stereocenters. The SMILES string of the molecule is Cc1cccc(C)c1N1C=CN(c2c(C)cccc2C)C1.Cl. The largest absolute Gasteiger partial charge is 0.328 e. The summed E-state index contributed by atoms with van der Waals surface area (Å²) in [7, 11) is 0. The van der Waals surface area contributed by atoms with Crippen molar-refractivity contribution < 1.29 is 0 Å². The lowest BCUT2D eigenvalue weighted by Gasteiger charge is -2.26. The molecule has 3 heteroatoms. The van der Waals surface area contributed by atoms with Crippen LogP contribution in [0.15, 0.2) is 48.8 Å². The summed E-state index contributed by atoms with van der Waals surface area (Å²) < 4.78 is 0. The Labute approximate surface area is 139 Å². The van der Waals surface area contributed by atoms with Gasteiger partial charge >= 0.3 is 0 Å². The number of hydrogen-bond donors (Lipinski definition) is 0. The molecule has 0 saturated heterocycles. The van der Waals surface area contributed by atoms with Crippen LogP contribution in [0.3, 0.4) is 0 Å². The highest BCUT2D eigenvalue weighted by molar-refractivity contribution is 5.85. The Morgan fingerprint density at radius 2 is 0.955 bits per heavy atom. The average Bonchev–Trinajstić information content (AvgIpc) is 2.87. The number of aryl methyl sites for hydroxylation is 4. The summed E-state index contributed by atoms with van der Waals surface area (Å²) in [5, 5.41) is 0.